The number of carbonyl (C=O) groups is 2. The van der Waals surface area contributed by atoms with E-state index in [0.717, 1.165) is 0 Å². The quantitative estimate of drug-likeness (QED) is 0.599. The summed E-state index contributed by atoms with van der Waals surface area (Å²) in [5, 5.41) is 0. The Bertz CT molecular complexity index is 307. The monoisotopic (exact) mass is 259 g/mol. The van der Waals surface area contributed by atoms with Crippen LogP contribution < -0.4 is 5.73 Å². The lowest BCUT2D eigenvalue weighted by Crippen LogP contribution is -2.57. The minimum atomic E-state index is -1.72. The van der Waals surface area contributed by atoms with E-state index in [4.69, 9.17) is 10.5 Å². The van der Waals surface area contributed by atoms with Gasteiger partial charge in [0, 0.05) is 0 Å². The summed E-state index contributed by atoms with van der Waals surface area (Å²) in [5.41, 5.74) is 3.50. The molecule has 5 nitrogen and oxygen atoms in total. The van der Waals surface area contributed by atoms with Crippen molar-refractivity contribution in [1.29, 1.82) is 0 Å². The highest BCUT2D eigenvalue weighted by atomic mass is 16.6. The molecule has 0 aliphatic heterocycles. The lowest BCUT2D eigenvalue weighted by Gasteiger charge is -2.29. The largest absolute Gasteiger partial charge is 0.467 e. The van der Waals surface area contributed by atoms with Crippen molar-refractivity contribution in [2.24, 2.45) is 11.7 Å². The van der Waals surface area contributed by atoms with Crippen LogP contribution >= 0.6 is 0 Å². The molecule has 18 heavy (non-hydrogen) atoms. The van der Waals surface area contributed by atoms with Gasteiger partial charge in [0.25, 0.3) is 0 Å². The van der Waals surface area contributed by atoms with E-state index in [1.807, 2.05) is 13.8 Å². The zero-order valence-electron chi connectivity index (χ0n) is 12.2. The summed E-state index contributed by atoms with van der Waals surface area (Å²) < 4.78 is 9.81. The number of rotatable bonds is 5. The van der Waals surface area contributed by atoms with E-state index in [2.05, 4.69) is 4.74 Å². The molecule has 1 unspecified atom stereocenters. The molecule has 0 radical (unpaired) electrons. The number of esters is 2. The number of nitrogens with two attached hydrogens (primary N) is 1. The Morgan fingerprint density at radius 1 is 1.17 bits per heavy atom. The second kappa shape index (κ2) is 6.18. The minimum absolute atomic E-state index is 0.215. The molecule has 0 aliphatic carbocycles. The molecule has 1 atom stereocenters. The van der Waals surface area contributed by atoms with E-state index in [1.54, 1.807) is 20.8 Å². The van der Waals surface area contributed by atoms with Gasteiger partial charge in [-0.1, -0.05) is 13.8 Å². The molecular weight excluding hydrogens is 234 g/mol. The van der Waals surface area contributed by atoms with E-state index in [1.165, 1.54) is 7.11 Å². The van der Waals surface area contributed by atoms with Gasteiger partial charge in [-0.15, -0.1) is 0 Å². The first-order valence-electron chi connectivity index (χ1n) is 6.13. The summed E-state index contributed by atoms with van der Waals surface area (Å²) in [6.07, 6.45) is 0.858. The van der Waals surface area contributed by atoms with Gasteiger partial charge in [-0.3, -0.25) is 0 Å². The minimum Gasteiger partial charge on any atom is -0.467 e. The Hall–Kier alpha value is -1.10. The van der Waals surface area contributed by atoms with Gasteiger partial charge >= 0.3 is 11.9 Å². The summed E-state index contributed by atoms with van der Waals surface area (Å²) in [4.78, 5) is 23.8. The van der Waals surface area contributed by atoms with E-state index >= 15 is 0 Å². The van der Waals surface area contributed by atoms with Gasteiger partial charge in [-0.25, -0.2) is 9.59 Å². The van der Waals surface area contributed by atoms with Crippen LogP contribution in [0.25, 0.3) is 0 Å². The van der Waals surface area contributed by atoms with Crippen LogP contribution in [0.5, 0.6) is 0 Å². The molecule has 0 bridgehead atoms. The Morgan fingerprint density at radius 3 is 2.00 bits per heavy atom. The third-order valence-electron chi connectivity index (χ3n) is 2.43. The van der Waals surface area contributed by atoms with E-state index in [-0.39, 0.29) is 6.42 Å². The van der Waals surface area contributed by atoms with Crippen molar-refractivity contribution >= 4 is 11.9 Å². The molecule has 2 N–H and O–H groups in total. The molecule has 5 heteroatoms. The fourth-order valence-corrected chi connectivity index (χ4v) is 1.36. The summed E-state index contributed by atoms with van der Waals surface area (Å²) in [5.74, 6) is -1.15. The maximum absolute atomic E-state index is 12.0. The predicted molar refractivity (Wildman–Crippen MR) is 68.9 cm³/mol. The van der Waals surface area contributed by atoms with Crippen LogP contribution in [0.15, 0.2) is 0 Å². The normalized spacial score (nSPS) is 15.1. The lowest BCUT2D eigenvalue weighted by atomic mass is 9.91. The first kappa shape index (κ1) is 16.9. The maximum Gasteiger partial charge on any atom is 0.338 e. The molecule has 0 aromatic carbocycles. The van der Waals surface area contributed by atoms with Crippen molar-refractivity contribution in [3.05, 3.63) is 0 Å². The van der Waals surface area contributed by atoms with Crippen molar-refractivity contribution in [2.45, 2.75) is 58.6 Å². The predicted octanol–water partition coefficient (Wildman–Crippen LogP) is 1.63. The van der Waals surface area contributed by atoms with Gasteiger partial charge in [0.15, 0.2) is 0 Å². The van der Waals surface area contributed by atoms with Gasteiger partial charge in [0.05, 0.1) is 7.11 Å². The molecule has 0 aliphatic rings. The highest BCUT2D eigenvalue weighted by molar-refractivity contribution is 6.04. The summed E-state index contributed by atoms with van der Waals surface area (Å²) in [6.45, 7) is 9.17. The maximum atomic E-state index is 12.0. The van der Waals surface area contributed by atoms with Gasteiger partial charge in [0.1, 0.15) is 5.60 Å². The molecule has 0 saturated carbocycles. The van der Waals surface area contributed by atoms with Gasteiger partial charge in [0.2, 0.25) is 5.54 Å². The van der Waals surface area contributed by atoms with Crippen LogP contribution in [-0.4, -0.2) is 30.2 Å². The fourth-order valence-electron chi connectivity index (χ4n) is 1.36. The third-order valence-corrected chi connectivity index (χ3v) is 2.43. The number of ether oxygens (including phenoxy) is 2. The van der Waals surface area contributed by atoms with Crippen LogP contribution in [0, 0.1) is 5.92 Å². The number of carbonyl (C=O) groups excluding carboxylic acids is 2. The number of hydrogen-bond acceptors (Lipinski definition) is 5. The molecular formula is C13H25NO4. The van der Waals surface area contributed by atoms with Gasteiger partial charge in [-0.05, 0) is 39.5 Å². The van der Waals surface area contributed by atoms with Crippen molar-refractivity contribution in [1.82, 2.24) is 0 Å². The first-order chi connectivity index (χ1) is 8.03. The van der Waals surface area contributed by atoms with Crippen LogP contribution in [-0.2, 0) is 19.1 Å². The van der Waals surface area contributed by atoms with E-state index in [9.17, 15) is 9.59 Å². The molecule has 0 rings (SSSR count). The van der Waals surface area contributed by atoms with Crippen molar-refractivity contribution in [3.63, 3.8) is 0 Å². The van der Waals surface area contributed by atoms with Crippen molar-refractivity contribution < 1.29 is 19.1 Å². The van der Waals surface area contributed by atoms with Crippen LogP contribution in [0.1, 0.15) is 47.5 Å². The molecule has 0 saturated heterocycles. The molecule has 0 heterocycles. The zero-order chi connectivity index (χ0) is 14.6. The number of methoxy groups -OCH3 is 1. The average molecular weight is 259 g/mol. The van der Waals surface area contributed by atoms with Gasteiger partial charge < -0.3 is 15.2 Å². The molecule has 0 fully saturated rings. The highest BCUT2D eigenvalue weighted by Gasteiger charge is 2.46. The third kappa shape index (κ3) is 5.04. The van der Waals surface area contributed by atoms with Crippen LogP contribution in [0.2, 0.25) is 0 Å². The average Bonchev–Trinajstić information content (AvgIpc) is 2.22. The molecule has 0 spiro atoms. The second-order valence-corrected chi connectivity index (χ2v) is 5.90. The van der Waals surface area contributed by atoms with Crippen LogP contribution in [0.3, 0.4) is 0 Å². The van der Waals surface area contributed by atoms with Crippen molar-refractivity contribution in [3.8, 4) is 0 Å². The second-order valence-electron chi connectivity index (χ2n) is 5.90. The standard InChI is InChI=1S/C13H25NO4/c1-9(2)7-8-13(14,10(15)17-6)11(16)18-12(3,4)5/h9H,7-8,14H2,1-6H3. The van der Waals surface area contributed by atoms with E-state index < -0.39 is 23.1 Å². The Balaban J connectivity index is 4.97. The van der Waals surface area contributed by atoms with Crippen LogP contribution in [0.4, 0.5) is 0 Å². The van der Waals surface area contributed by atoms with Gasteiger partial charge in [-0.2, -0.15) is 0 Å². The Morgan fingerprint density at radius 2 is 1.67 bits per heavy atom. The summed E-state index contributed by atoms with van der Waals surface area (Å²) in [7, 11) is 1.21. The lowest BCUT2D eigenvalue weighted by molar-refractivity contribution is -0.171. The Kier molecular flexibility index (Phi) is 5.80. The van der Waals surface area contributed by atoms with Crippen molar-refractivity contribution in [2.75, 3.05) is 7.11 Å². The topological polar surface area (TPSA) is 78.6 Å². The van der Waals surface area contributed by atoms with E-state index in [0.29, 0.717) is 12.3 Å². The zero-order valence-corrected chi connectivity index (χ0v) is 12.2. The molecule has 0 aromatic rings. The summed E-state index contributed by atoms with van der Waals surface area (Å²) >= 11 is 0. The molecule has 0 amide bonds. The highest BCUT2D eigenvalue weighted by Crippen LogP contribution is 2.21. The number of hydrogen-bond donors (Lipinski definition) is 1. The molecule has 106 valence electrons. The Labute approximate surface area is 109 Å². The first-order valence-corrected chi connectivity index (χ1v) is 6.13. The molecule has 0 aromatic heterocycles. The fraction of sp³-hybridized carbons (Fsp3) is 0.846. The smallest absolute Gasteiger partial charge is 0.338 e. The summed E-state index contributed by atoms with van der Waals surface area (Å²) in [6, 6.07) is 0. The SMILES string of the molecule is COC(=O)C(N)(CCC(C)C)C(=O)OC(C)(C)C.